The molecular formula is C32H42Cl2N4O4. The number of rotatable bonds is 10. The summed E-state index contributed by atoms with van der Waals surface area (Å²) in [4.78, 5) is 32.2. The minimum Gasteiger partial charge on any atom is -0.494 e. The first kappa shape index (κ1) is 32.0. The van der Waals surface area contributed by atoms with Crippen molar-refractivity contribution in [3.63, 3.8) is 0 Å². The number of ether oxygens (including phenoxy) is 2. The number of hydrogen-bond donors (Lipinski definition) is 0. The lowest BCUT2D eigenvalue weighted by Gasteiger charge is -2.36. The van der Waals surface area contributed by atoms with Crippen molar-refractivity contribution < 1.29 is 14.3 Å². The zero-order valence-electron chi connectivity index (χ0n) is 25.2. The number of unbranched alkanes of at least 4 members (excludes halogenated alkanes) is 1. The fraction of sp³-hybridized carbons (Fsp3) is 0.500. The van der Waals surface area contributed by atoms with Crippen LogP contribution in [0.5, 0.6) is 5.75 Å². The zero-order valence-corrected chi connectivity index (χ0v) is 26.7. The maximum atomic E-state index is 12.9. The molecule has 1 atom stereocenters. The Morgan fingerprint density at radius 3 is 2.43 bits per heavy atom. The van der Waals surface area contributed by atoms with Crippen molar-refractivity contribution >= 4 is 45.9 Å². The molecule has 2 aromatic carbocycles. The molecule has 10 heteroatoms. The molecule has 0 saturated carbocycles. The first-order valence-corrected chi connectivity index (χ1v) is 15.4. The molecule has 1 saturated heterocycles. The molecule has 3 aromatic rings. The van der Waals surface area contributed by atoms with Crippen LogP contribution in [0.2, 0.25) is 10.0 Å². The number of amides is 1. The summed E-state index contributed by atoms with van der Waals surface area (Å²) in [5, 5.41) is 2.07. The van der Waals surface area contributed by atoms with E-state index in [4.69, 9.17) is 32.7 Å². The zero-order chi connectivity index (χ0) is 30.4. The Balaban J connectivity index is 1.30. The Bertz CT molecular complexity index is 1430. The first-order chi connectivity index (χ1) is 20.0. The molecule has 0 aliphatic carbocycles. The van der Waals surface area contributed by atoms with Crippen molar-refractivity contribution in [3.05, 3.63) is 68.9 Å². The van der Waals surface area contributed by atoms with Crippen molar-refractivity contribution in [2.24, 2.45) is 0 Å². The van der Waals surface area contributed by atoms with Gasteiger partial charge in [-0.15, -0.1) is 0 Å². The monoisotopic (exact) mass is 616 g/mol. The second kappa shape index (κ2) is 14.0. The molecule has 1 fully saturated rings. The lowest BCUT2D eigenvalue weighted by atomic mass is 10.1. The molecule has 1 aliphatic heterocycles. The van der Waals surface area contributed by atoms with Crippen LogP contribution in [0, 0.1) is 0 Å². The molecule has 0 N–H and O–H groups in total. The van der Waals surface area contributed by atoms with Crippen molar-refractivity contribution in [1.82, 2.24) is 14.4 Å². The van der Waals surface area contributed by atoms with Gasteiger partial charge in [-0.3, -0.25) is 14.3 Å². The Labute approximate surface area is 258 Å². The van der Waals surface area contributed by atoms with Gasteiger partial charge < -0.3 is 19.3 Å². The standard InChI is InChI=1S/C32H42Cl2N4O4/c1-6-37(32(3,4)5)31(40)42-23(2)38-28-22-25(14-12-24(28)13-15-29(38)39)41-21-8-7-16-35-17-19-36(20-18-35)27-11-9-10-26(33)30(27)34/h9-15,22-23H,6-8,16-21H2,1-5H3. The Hall–Kier alpha value is -2.94. The summed E-state index contributed by atoms with van der Waals surface area (Å²) in [6.45, 7) is 15.3. The molecule has 0 bridgehead atoms. The average Bonchev–Trinajstić information content (AvgIpc) is 2.94. The summed E-state index contributed by atoms with van der Waals surface area (Å²) in [5.41, 5.74) is 1.03. The topological polar surface area (TPSA) is 67.2 Å². The van der Waals surface area contributed by atoms with Crippen molar-refractivity contribution in [2.45, 2.75) is 59.2 Å². The van der Waals surface area contributed by atoms with Gasteiger partial charge in [0, 0.05) is 50.4 Å². The number of halogens is 2. The van der Waals surface area contributed by atoms with E-state index >= 15 is 0 Å². The number of aromatic nitrogens is 1. The number of benzene rings is 2. The van der Waals surface area contributed by atoms with Gasteiger partial charge in [0.25, 0.3) is 5.56 Å². The summed E-state index contributed by atoms with van der Waals surface area (Å²) in [6, 6.07) is 14.7. The van der Waals surface area contributed by atoms with Gasteiger partial charge in [0.15, 0.2) is 6.23 Å². The van der Waals surface area contributed by atoms with Crippen LogP contribution in [-0.2, 0) is 4.74 Å². The lowest BCUT2D eigenvalue weighted by Crippen LogP contribution is -2.46. The summed E-state index contributed by atoms with van der Waals surface area (Å²) in [6.07, 6.45) is 0.692. The van der Waals surface area contributed by atoms with Crippen LogP contribution in [0.3, 0.4) is 0 Å². The van der Waals surface area contributed by atoms with E-state index in [-0.39, 0.29) is 5.56 Å². The second-order valence-electron chi connectivity index (χ2n) is 11.6. The number of pyridine rings is 1. The van der Waals surface area contributed by atoms with Crippen molar-refractivity contribution in [1.29, 1.82) is 0 Å². The summed E-state index contributed by atoms with van der Waals surface area (Å²) < 4.78 is 13.3. The van der Waals surface area contributed by atoms with Crippen LogP contribution in [0.25, 0.3) is 10.9 Å². The highest BCUT2D eigenvalue weighted by Gasteiger charge is 2.28. The van der Waals surface area contributed by atoms with E-state index in [1.807, 2.05) is 64.1 Å². The molecule has 8 nitrogen and oxygen atoms in total. The number of anilines is 1. The van der Waals surface area contributed by atoms with E-state index in [0.29, 0.717) is 34.5 Å². The smallest absolute Gasteiger partial charge is 0.412 e. The van der Waals surface area contributed by atoms with Crippen LogP contribution in [-0.4, -0.2) is 71.9 Å². The molecule has 4 rings (SSSR count). The SMILES string of the molecule is CCN(C(=O)OC(C)n1c(=O)ccc2ccc(OCCCCN3CCN(c4cccc(Cl)c4Cl)CC3)cc21)C(C)(C)C. The fourth-order valence-corrected chi connectivity index (χ4v) is 5.83. The van der Waals surface area contributed by atoms with Gasteiger partial charge in [-0.25, -0.2) is 4.79 Å². The quantitative estimate of drug-likeness (QED) is 0.227. The molecule has 0 spiro atoms. The van der Waals surface area contributed by atoms with E-state index in [9.17, 15) is 9.59 Å². The third kappa shape index (κ3) is 7.71. The summed E-state index contributed by atoms with van der Waals surface area (Å²) in [7, 11) is 0. The predicted molar refractivity (Wildman–Crippen MR) is 171 cm³/mol. The first-order valence-electron chi connectivity index (χ1n) is 14.7. The largest absolute Gasteiger partial charge is 0.494 e. The number of carbonyl (C=O) groups excluding carboxylic acids is 1. The number of fused-ring (bicyclic) bond motifs is 1. The van der Waals surface area contributed by atoms with Gasteiger partial charge in [-0.2, -0.15) is 0 Å². The minimum absolute atomic E-state index is 0.239. The summed E-state index contributed by atoms with van der Waals surface area (Å²) in [5.74, 6) is 0.678. The predicted octanol–water partition coefficient (Wildman–Crippen LogP) is 7.07. The maximum Gasteiger partial charge on any atom is 0.412 e. The van der Waals surface area contributed by atoms with Gasteiger partial charge in [-0.1, -0.05) is 29.3 Å². The normalized spacial score (nSPS) is 15.1. The highest BCUT2D eigenvalue weighted by Crippen LogP contribution is 2.33. The third-order valence-corrected chi connectivity index (χ3v) is 8.48. The Morgan fingerprint density at radius 2 is 1.74 bits per heavy atom. The number of piperazine rings is 1. The molecule has 228 valence electrons. The van der Waals surface area contributed by atoms with Crippen LogP contribution in [0.15, 0.2) is 53.3 Å². The molecule has 0 radical (unpaired) electrons. The molecule has 1 unspecified atom stereocenters. The molecule has 1 amide bonds. The van der Waals surface area contributed by atoms with Crippen LogP contribution >= 0.6 is 23.2 Å². The van der Waals surface area contributed by atoms with E-state index < -0.39 is 17.9 Å². The van der Waals surface area contributed by atoms with E-state index in [0.717, 1.165) is 56.6 Å². The van der Waals surface area contributed by atoms with Gasteiger partial charge in [-0.05, 0) is 89.7 Å². The van der Waals surface area contributed by atoms with Gasteiger partial charge in [0.1, 0.15) is 5.75 Å². The lowest BCUT2D eigenvalue weighted by molar-refractivity contribution is 0.0197. The second-order valence-corrected chi connectivity index (χ2v) is 12.4. The van der Waals surface area contributed by atoms with Crippen LogP contribution < -0.4 is 15.2 Å². The molecule has 2 heterocycles. The molecular weight excluding hydrogens is 575 g/mol. The molecule has 1 aromatic heterocycles. The third-order valence-electron chi connectivity index (χ3n) is 7.67. The van der Waals surface area contributed by atoms with Gasteiger partial charge in [0.05, 0.1) is 27.9 Å². The number of carbonyl (C=O) groups is 1. The highest BCUT2D eigenvalue weighted by molar-refractivity contribution is 6.43. The highest BCUT2D eigenvalue weighted by atomic mass is 35.5. The molecule has 42 heavy (non-hydrogen) atoms. The summed E-state index contributed by atoms with van der Waals surface area (Å²) >= 11 is 12.6. The Morgan fingerprint density at radius 1 is 1.02 bits per heavy atom. The van der Waals surface area contributed by atoms with Crippen molar-refractivity contribution in [2.75, 3.05) is 50.8 Å². The minimum atomic E-state index is -0.782. The number of nitrogens with zero attached hydrogens (tertiary/aromatic N) is 4. The average molecular weight is 618 g/mol. The van der Waals surface area contributed by atoms with Crippen LogP contribution in [0.1, 0.15) is 53.7 Å². The maximum absolute atomic E-state index is 12.9. The molecule has 1 aliphatic rings. The van der Waals surface area contributed by atoms with E-state index in [2.05, 4.69) is 9.80 Å². The van der Waals surface area contributed by atoms with E-state index in [1.165, 1.54) is 10.6 Å². The van der Waals surface area contributed by atoms with E-state index in [1.54, 1.807) is 17.9 Å². The van der Waals surface area contributed by atoms with Crippen molar-refractivity contribution in [3.8, 4) is 5.75 Å². The number of hydrogen-bond acceptors (Lipinski definition) is 6. The fourth-order valence-electron chi connectivity index (χ4n) is 5.41. The van der Waals surface area contributed by atoms with Gasteiger partial charge in [0.2, 0.25) is 0 Å². The van der Waals surface area contributed by atoms with Crippen LogP contribution in [0.4, 0.5) is 10.5 Å². The Kier molecular flexibility index (Phi) is 10.7. The van der Waals surface area contributed by atoms with Gasteiger partial charge >= 0.3 is 6.09 Å².